The number of nitrogens with zero attached hydrogens (tertiary/aromatic N) is 2. The van der Waals surface area contributed by atoms with Gasteiger partial charge < -0.3 is 47.0 Å². The van der Waals surface area contributed by atoms with Crippen LogP contribution in [0.5, 0.6) is 28.7 Å². The third-order valence-electron chi connectivity index (χ3n) is 11.2. The third kappa shape index (κ3) is 9.82. The maximum absolute atomic E-state index is 15.8. The van der Waals surface area contributed by atoms with Crippen LogP contribution in [0.1, 0.15) is 51.0 Å². The summed E-state index contributed by atoms with van der Waals surface area (Å²) in [5.74, 6) is 0.430. The van der Waals surface area contributed by atoms with E-state index in [1.165, 1.54) is 37.2 Å². The van der Waals surface area contributed by atoms with Gasteiger partial charge in [0.2, 0.25) is 16.5 Å². The summed E-state index contributed by atoms with van der Waals surface area (Å²) in [6.45, 7) is 2.63. The van der Waals surface area contributed by atoms with Crippen LogP contribution in [0.2, 0.25) is 0 Å². The molecule has 7 rings (SSSR count). The van der Waals surface area contributed by atoms with E-state index in [0.717, 1.165) is 17.4 Å². The summed E-state index contributed by atoms with van der Waals surface area (Å²) in [6.07, 6.45) is -1.39. The zero-order valence-electron chi connectivity index (χ0n) is 35.6. The summed E-state index contributed by atoms with van der Waals surface area (Å²) >= 11 is 22.1. The monoisotopic (exact) mass is 1030 g/mol. The Morgan fingerprint density at radius 2 is 1.55 bits per heavy atom. The molecule has 4 aromatic carbocycles. The molecule has 4 atom stereocenters. The summed E-state index contributed by atoms with van der Waals surface area (Å²) in [7, 11) is 0.236. The van der Waals surface area contributed by atoms with Crippen molar-refractivity contribution in [2.75, 3.05) is 47.6 Å². The van der Waals surface area contributed by atoms with Crippen molar-refractivity contribution in [3.8, 4) is 28.7 Å². The Morgan fingerprint density at radius 1 is 0.922 bits per heavy atom. The quantitative estimate of drug-likeness (QED) is 0.0601. The minimum Gasteiger partial charge on any atom is -0.493 e. The molecule has 0 aromatic heterocycles. The Morgan fingerprint density at radius 3 is 2.14 bits per heavy atom. The maximum atomic E-state index is 15.8. The van der Waals surface area contributed by atoms with Gasteiger partial charge in [-0.1, -0.05) is 111 Å². The highest BCUT2D eigenvalue weighted by Crippen LogP contribution is 2.56. The van der Waals surface area contributed by atoms with Crippen molar-refractivity contribution in [1.29, 1.82) is 0 Å². The number of methoxy groups -OCH3 is 3. The molecule has 64 heavy (non-hydrogen) atoms. The number of carbonyl (C=O) groups excluding carboxylic acids is 2. The van der Waals surface area contributed by atoms with E-state index in [4.69, 9.17) is 76.9 Å². The lowest BCUT2D eigenvalue weighted by Gasteiger charge is -2.56. The number of alkyl halides is 3. The summed E-state index contributed by atoms with van der Waals surface area (Å²) in [4.78, 5) is 33.3. The van der Waals surface area contributed by atoms with E-state index in [2.05, 4.69) is 15.9 Å². The largest absolute Gasteiger partial charge is 0.493 e. The highest BCUT2D eigenvalue weighted by molar-refractivity contribution is 9.10. The average Bonchev–Trinajstić information content (AvgIpc) is 3.76. The number of carbonyl (C=O) groups is 2. The molecule has 344 valence electrons. The molecule has 3 aliphatic heterocycles. The molecule has 3 aliphatic rings. The zero-order valence-corrected chi connectivity index (χ0v) is 40.3. The van der Waals surface area contributed by atoms with Crippen LogP contribution >= 0.6 is 50.7 Å². The van der Waals surface area contributed by atoms with Crippen molar-refractivity contribution in [2.45, 2.75) is 67.7 Å². The smallest absolute Gasteiger partial charge is 0.411 e. The molecule has 0 unspecified atom stereocenters. The highest BCUT2D eigenvalue weighted by Gasteiger charge is 2.60. The van der Waals surface area contributed by atoms with Crippen LogP contribution in [-0.2, 0) is 53.5 Å². The molecular weight excluding hydrogens is 983 g/mol. The van der Waals surface area contributed by atoms with Crippen LogP contribution in [0.3, 0.4) is 0 Å². The molecule has 0 radical (unpaired) electrons. The second kappa shape index (κ2) is 19.7. The van der Waals surface area contributed by atoms with E-state index < -0.39 is 63.0 Å². The van der Waals surface area contributed by atoms with E-state index in [0.29, 0.717) is 32.5 Å². The predicted molar refractivity (Wildman–Crippen MR) is 240 cm³/mol. The van der Waals surface area contributed by atoms with Crippen molar-refractivity contribution in [1.82, 2.24) is 9.80 Å². The van der Waals surface area contributed by atoms with Crippen molar-refractivity contribution < 1.29 is 60.1 Å². The second-order valence-corrected chi connectivity index (χ2v) is 20.1. The van der Waals surface area contributed by atoms with Gasteiger partial charge >= 0.3 is 16.2 Å². The highest BCUT2D eigenvalue weighted by atomic mass is 79.9. The number of piperazine rings is 1. The molecule has 1 fully saturated rings. The van der Waals surface area contributed by atoms with E-state index in [-0.39, 0.29) is 61.6 Å². The number of benzene rings is 4. The molecule has 2 bridgehead atoms. The van der Waals surface area contributed by atoms with Crippen molar-refractivity contribution >= 4 is 72.9 Å². The lowest BCUT2D eigenvalue weighted by atomic mass is 9.78. The lowest BCUT2D eigenvalue weighted by Crippen LogP contribution is -2.70. The molecule has 0 N–H and O–H groups in total. The number of hydrogen-bond acceptors (Lipinski definition) is 13. The normalized spacial score (nSPS) is 18.5. The Bertz CT molecular complexity index is 2480. The fraction of sp³-hybridized carbons (Fsp3) is 0.409. The molecule has 0 spiro atoms. The maximum Gasteiger partial charge on any atom is 0.411 e. The molecule has 1 saturated heterocycles. The second-order valence-electron chi connectivity index (χ2n) is 15.2. The first kappa shape index (κ1) is 47.8. The molecule has 2 amide bonds. The van der Waals surface area contributed by atoms with Gasteiger partial charge in [0, 0.05) is 47.4 Å². The fourth-order valence-corrected chi connectivity index (χ4v) is 9.71. The topological polar surface area (TPSA) is 158 Å². The van der Waals surface area contributed by atoms with Crippen LogP contribution < -0.4 is 23.1 Å². The van der Waals surface area contributed by atoms with Gasteiger partial charge in [-0.25, -0.2) is 4.79 Å². The summed E-state index contributed by atoms with van der Waals surface area (Å²) in [6, 6.07) is 15.5. The third-order valence-corrected chi connectivity index (χ3v) is 13.0. The van der Waals surface area contributed by atoms with Crippen molar-refractivity contribution in [2.24, 2.45) is 0 Å². The van der Waals surface area contributed by atoms with Crippen LogP contribution in [0.4, 0.5) is 4.79 Å². The lowest BCUT2D eigenvalue weighted by molar-refractivity contribution is -0.201. The Balaban J connectivity index is 1.49. The molecule has 0 saturated carbocycles. The van der Waals surface area contributed by atoms with Crippen molar-refractivity contribution in [3.63, 3.8) is 0 Å². The molecule has 3 heterocycles. The van der Waals surface area contributed by atoms with Gasteiger partial charge in [0.25, 0.3) is 0 Å². The average molecular weight is 1030 g/mol. The number of hydrogen-bond donors (Lipinski definition) is 0. The number of rotatable bonds is 16. The number of fused-ring (bicyclic) bond motifs is 5. The number of ether oxygens (including phenoxy) is 8. The Kier molecular flexibility index (Phi) is 14.7. The van der Waals surface area contributed by atoms with E-state index in [1.54, 1.807) is 6.92 Å². The van der Waals surface area contributed by atoms with Crippen LogP contribution in [0.25, 0.3) is 0 Å². The van der Waals surface area contributed by atoms with Gasteiger partial charge in [0.15, 0.2) is 29.3 Å². The number of halogens is 4. The Labute approximate surface area is 394 Å². The van der Waals surface area contributed by atoms with E-state index in [9.17, 15) is 13.2 Å². The molecule has 15 nitrogen and oxygen atoms in total. The summed E-state index contributed by atoms with van der Waals surface area (Å²) in [5.41, 5.74) is 4.09. The number of amides is 2. The van der Waals surface area contributed by atoms with Crippen molar-refractivity contribution in [3.05, 3.63) is 110 Å². The van der Waals surface area contributed by atoms with Gasteiger partial charge in [0.05, 0.1) is 38.7 Å². The van der Waals surface area contributed by atoms with E-state index in [1.807, 2.05) is 67.6 Å². The molecular formula is C44H46BrCl3N2O13S. The van der Waals surface area contributed by atoms with Crippen LogP contribution in [-0.4, -0.2) is 100.0 Å². The first-order valence-electron chi connectivity index (χ1n) is 19.9. The molecule has 20 heteroatoms. The first-order chi connectivity index (χ1) is 30.5. The van der Waals surface area contributed by atoms with Crippen LogP contribution in [0.15, 0.2) is 71.2 Å². The first-order valence-corrected chi connectivity index (χ1v) is 23.6. The minimum atomic E-state index is -4.07. The molecule has 0 aliphatic carbocycles. The van der Waals surface area contributed by atoms with Gasteiger partial charge in [0.1, 0.15) is 31.0 Å². The van der Waals surface area contributed by atoms with Gasteiger partial charge in [-0.05, 0) is 36.6 Å². The van der Waals surface area contributed by atoms with Gasteiger partial charge in [-0.3, -0.25) is 9.69 Å². The Hall–Kier alpha value is -4.20. The predicted octanol–water partition coefficient (Wildman–Crippen LogP) is 8.28. The zero-order chi connectivity index (χ0) is 46.1. The van der Waals surface area contributed by atoms with Gasteiger partial charge in [-0.2, -0.15) is 8.42 Å². The summed E-state index contributed by atoms with van der Waals surface area (Å²) < 4.78 is 78.5. The SMILES string of the molecule is COc1c(C)c(Br)c2c(c1OCc1ccccc1)[C@@H]1[C@H](C(OC)OC)N([C@@H](COCc3ccccc3)c3cc(OS(C)(=O)=O)c(C)c4c3OCO4)C(=O)[C@H](C2)N1C(=O)OCC(Cl)(Cl)Cl. The van der Waals surface area contributed by atoms with E-state index >= 15 is 4.79 Å². The standard InChI is InChI=1S/C44H46BrCl3N2O13S/c1-24-32(63-64(6,53)54)18-28(39-38(24)61-23-62-39)31(21-58-19-26-13-9-7-10-14-26)49-36(42(56-4)57-5)35-33-29(17-30(41(49)51)50(35)43(52)60-22-44(46,47)48)34(45)25(2)37(55-3)40(33)59-20-27-15-11-8-12-16-27/h7-16,18,30-31,35-36,42H,17,19-23H2,1-6H3/t30-,31-,35+,36+/m0/s1. The van der Waals surface area contributed by atoms with Crippen LogP contribution in [0, 0.1) is 13.8 Å². The molecule has 4 aromatic rings. The fourth-order valence-electron chi connectivity index (χ4n) is 8.50. The van der Waals surface area contributed by atoms with Gasteiger partial charge in [-0.15, -0.1) is 0 Å². The minimum absolute atomic E-state index is 0.0554. The summed E-state index contributed by atoms with van der Waals surface area (Å²) in [5, 5.41) is 0.